The van der Waals surface area contributed by atoms with Crippen LogP contribution in [0.1, 0.15) is 45.1 Å². The van der Waals surface area contributed by atoms with Gasteiger partial charge in [-0.2, -0.15) is 0 Å². The van der Waals surface area contributed by atoms with E-state index in [0.717, 1.165) is 31.2 Å². The maximum atomic E-state index is 12.6. The molecule has 3 nitrogen and oxygen atoms in total. The molecule has 1 aromatic rings. The predicted molar refractivity (Wildman–Crippen MR) is 78.6 cm³/mol. The van der Waals surface area contributed by atoms with Gasteiger partial charge in [0.2, 0.25) is 0 Å². The van der Waals surface area contributed by atoms with Crippen molar-refractivity contribution in [2.45, 2.75) is 51.0 Å². The molecule has 110 valence electrons. The third-order valence-electron chi connectivity index (χ3n) is 4.04. The summed E-state index contributed by atoms with van der Waals surface area (Å²) in [4.78, 5) is 12.6. The molecule has 0 aromatic heterocycles. The molecule has 2 rings (SSSR count). The molecule has 0 N–H and O–H groups in total. The fraction of sp³-hybridized carbons (Fsp3) is 0.588. The van der Waals surface area contributed by atoms with Crippen LogP contribution in [-0.4, -0.2) is 25.3 Å². The summed E-state index contributed by atoms with van der Waals surface area (Å²) in [5.74, 6) is -0.134. The molecule has 0 heterocycles. The molecule has 20 heavy (non-hydrogen) atoms. The quantitative estimate of drug-likeness (QED) is 0.746. The van der Waals surface area contributed by atoms with Crippen LogP contribution in [-0.2, 0) is 19.7 Å². The Kier molecular flexibility index (Phi) is 5.18. The summed E-state index contributed by atoms with van der Waals surface area (Å²) in [6, 6.07) is 9.96. The fourth-order valence-corrected chi connectivity index (χ4v) is 3.14. The van der Waals surface area contributed by atoms with Gasteiger partial charge in [0.15, 0.2) is 0 Å². The van der Waals surface area contributed by atoms with Crippen molar-refractivity contribution >= 4 is 5.97 Å². The van der Waals surface area contributed by atoms with Crippen molar-refractivity contribution in [3.8, 4) is 0 Å². The highest BCUT2D eigenvalue weighted by Crippen LogP contribution is 2.44. The van der Waals surface area contributed by atoms with Crippen molar-refractivity contribution in [2.24, 2.45) is 0 Å². The normalized spacial score (nSPS) is 25.6. The first-order chi connectivity index (χ1) is 9.75. The van der Waals surface area contributed by atoms with Crippen LogP contribution in [0.2, 0.25) is 0 Å². The van der Waals surface area contributed by atoms with Gasteiger partial charge in [-0.05, 0) is 38.2 Å². The van der Waals surface area contributed by atoms with Crippen molar-refractivity contribution in [3.05, 3.63) is 35.9 Å². The van der Waals surface area contributed by atoms with E-state index in [1.165, 1.54) is 0 Å². The Morgan fingerprint density at radius 2 is 2.05 bits per heavy atom. The highest BCUT2D eigenvalue weighted by Gasteiger charge is 2.52. The topological polar surface area (TPSA) is 35.5 Å². The zero-order chi connectivity index (χ0) is 14.4. The second-order valence-corrected chi connectivity index (χ2v) is 5.31. The Bertz CT molecular complexity index is 429. The van der Waals surface area contributed by atoms with Crippen LogP contribution in [0.15, 0.2) is 30.3 Å². The Morgan fingerprint density at radius 1 is 1.30 bits per heavy atom. The highest BCUT2D eigenvalue weighted by atomic mass is 16.5. The Labute approximate surface area is 121 Å². The zero-order valence-electron chi connectivity index (χ0n) is 12.4. The number of ether oxygens (including phenoxy) is 2. The number of benzene rings is 1. The molecule has 1 fully saturated rings. The second kappa shape index (κ2) is 6.89. The van der Waals surface area contributed by atoms with E-state index in [2.05, 4.69) is 6.92 Å². The SMILES string of the molecule is CCCOC1CCCC1(C(=O)OCC)c1ccccc1. The maximum absolute atomic E-state index is 12.6. The molecule has 1 aromatic carbocycles. The Hall–Kier alpha value is -1.35. The van der Waals surface area contributed by atoms with Crippen molar-refractivity contribution in [2.75, 3.05) is 13.2 Å². The van der Waals surface area contributed by atoms with Gasteiger partial charge in [0, 0.05) is 6.61 Å². The largest absolute Gasteiger partial charge is 0.465 e. The molecule has 2 unspecified atom stereocenters. The van der Waals surface area contributed by atoms with Crippen LogP contribution < -0.4 is 0 Å². The second-order valence-electron chi connectivity index (χ2n) is 5.31. The van der Waals surface area contributed by atoms with Gasteiger partial charge in [0.05, 0.1) is 12.7 Å². The van der Waals surface area contributed by atoms with E-state index in [0.29, 0.717) is 13.2 Å². The van der Waals surface area contributed by atoms with Crippen LogP contribution in [0.3, 0.4) is 0 Å². The molecule has 0 spiro atoms. The molecule has 1 saturated carbocycles. The lowest BCUT2D eigenvalue weighted by molar-refractivity contribution is -0.155. The summed E-state index contributed by atoms with van der Waals surface area (Å²) in [7, 11) is 0. The van der Waals surface area contributed by atoms with E-state index >= 15 is 0 Å². The van der Waals surface area contributed by atoms with Gasteiger partial charge >= 0.3 is 5.97 Å². The lowest BCUT2D eigenvalue weighted by Crippen LogP contribution is -2.45. The van der Waals surface area contributed by atoms with Crippen LogP contribution in [0.5, 0.6) is 0 Å². The van der Waals surface area contributed by atoms with Crippen molar-refractivity contribution < 1.29 is 14.3 Å². The zero-order valence-corrected chi connectivity index (χ0v) is 12.4. The Morgan fingerprint density at radius 3 is 2.70 bits per heavy atom. The summed E-state index contributed by atoms with van der Waals surface area (Å²) >= 11 is 0. The molecule has 2 atom stereocenters. The van der Waals surface area contributed by atoms with Gasteiger partial charge in [0.25, 0.3) is 0 Å². The number of rotatable bonds is 6. The molecule has 3 heteroatoms. The molecule has 0 bridgehead atoms. The van der Waals surface area contributed by atoms with Crippen LogP contribution in [0.4, 0.5) is 0 Å². The number of hydrogen-bond acceptors (Lipinski definition) is 3. The Balaban J connectivity index is 2.35. The van der Waals surface area contributed by atoms with E-state index in [-0.39, 0.29) is 12.1 Å². The lowest BCUT2D eigenvalue weighted by Gasteiger charge is -2.33. The molecule has 0 aliphatic heterocycles. The molecular weight excluding hydrogens is 252 g/mol. The third-order valence-corrected chi connectivity index (χ3v) is 4.04. The van der Waals surface area contributed by atoms with Crippen LogP contribution in [0, 0.1) is 0 Å². The predicted octanol–water partition coefficient (Wildman–Crippen LogP) is 3.47. The van der Waals surface area contributed by atoms with Gasteiger partial charge in [0.1, 0.15) is 5.41 Å². The van der Waals surface area contributed by atoms with Crippen LogP contribution in [0.25, 0.3) is 0 Å². The highest BCUT2D eigenvalue weighted by molar-refractivity contribution is 5.84. The summed E-state index contributed by atoms with van der Waals surface area (Å²) in [5, 5.41) is 0. The first-order valence-corrected chi connectivity index (χ1v) is 7.60. The van der Waals surface area contributed by atoms with Crippen LogP contribution >= 0.6 is 0 Å². The first-order valence-electron chi connectivity index (χ1n) is 7.60. The van der Waals surface area contributed by atoms with E-state index in [9.17, 15) is 4.79 Å². The van der Waals surface area contributed by atoms with Gasteiger partial charge < -0.3 is 9.47 Å². The van der Waals surface area contributed by atoms with E-state index < -0.39 is 5.41 Å². The van der Waals surface area contributed by atoms with Crippen molar-refractivity contribution in [3.63, 3.8) is 0 Å². The van der Waals surface area contributed by atoms with Gasteiger partial charge in [-0.1, -0.05) is 37.3 Å². The molecule has 0 saturated heterocycles. The van der Waals surface area contributed by atoms with E-state index in [1.807, 2.05) is 37.3 Å². The average molecular weight is 276 g/mol. The molecule has 1 aliphatic carbocycles. The molecule has 0 amide bonds. The first kappa shape index (κ1) is 15.0. The minimum absolute atomic E-state index is 0.0658. The van der Waals surface area contributed by atoms with Gasteiger partial charge in [-0.15, -0.1) is 0 Å². The monoisotopic (exact) mass is 276 g/mol. The summed E-state index contributed by atoms with van der Waals surface area (Å²) < 4.78 is 11.4. The molecular formula is C17H24O3. The summed E-state index contributed by atoms with van der Waals surface area (Å²) in [6.07, 6.45) is 3.63. The number of hydrogen-bond donors (Lipinski definition) is 0. The van der Waals surface area contributed by atoms with Gasteiger partial charge in [-0.25, -0.2) is 0 Å². The smallest absolute Gasteiger partial charge is 0.319 e. The lowest BCUT2D eigenvalue weighted by atomic mass is 9.77. The fourth-order valence-electron chi connectivity index (χ4n) is 3.14. The van der Waals surface area contributed by atoms with Crippen molar-refractivity contribution in [1.29, 1.82) is 0 Å². The third kappa shape index (κ3) is 2.73. The summed E-state index contributed by atoms with van der Waals surface area (Å²) in [5.41, 5.74) is 0.406. The number of carbonyl (C=O) groups excluding carboxylic acids is 1. The standard InChI is InChI=1S/C17H24O3/c1-3-13-20-15-11-8-12-17(15,16(18)19-4-2)14-9-6-5-7-10-14/h5-7,9-10,15H,3-4,8,11-13H2,1-2H3. The van der Waals surface area contributed by atoms with E-state index in [4.69, 9.17) is 9.47 Å². The van der Waals surface area contributed by atoms with E-state index in [1.54, 1.807) is 0 Å². The van der Waals surface area contributed by atoms with Crippen molar-refractivity contribution in [1.82, 2.24) is 0 Å². The number of carbonyl (C=O) groups is 1. The molecule has 1 aliphatic rings. The van der Waals surface area contributed by atoms with Gasteiger partial charge in [-0.3, -0.25) is 4.79 Å². The maximum Gasteiger partial charge on any atom is 0.319 e. The minimum atomic E-state index is -0.619. The minimum Gasteiger partial charge on any atom is -0.465 e. The number of esters is 1. The average Bonchev–Trinajstić information content (AvgIpc) is 2.91. The molecule has 0 radical (unpaired) electrons. The summed E-state index contributed by atoms with van der Waals surface area (Å²) in [6.45, 7) is 5.05.